The molecule has 0 unspecified atom stereocenters. The Hall–Kier alpha value is -5.11. The van der Waals surface area contributed by atoms with Gasteiger partial charge in [-0.25, -0.2) is 4.68 Å². The van der Waals surface area contributed by atoms with Gasteiger partial charge in [-0.3, -0.25) is 19.5 Å². The van der Waals surface area contributed by atoms with E-state index in [2.05, 4.69) is 35.7 Å². The van der Waals surface area contributed by atoms with Crippen LogP contribution in [0.15, 0.2) is 73.1 Å². The molecule has 1 saturated heterocycles. The van der Waals surface area contributed by atoms with Crippen molar-refractivity contribution >= 4 is 28.4 Å². The summed E-state index contributed by atoms with van der Waals surface area (Å²) in [5, 5.41) is 19.5. The summed E-state index contributed by atoms with van der Waals surface area (Å²) in [6.45, 7) is 0.292. The van der Waals surface area contributed by atoms with E-state index in [1.165, 1.54) is 6.92 Å². The molecule has 1 fully saturated rings. The number of carbonyl (C=O) groups excluding carboxylic acids is 2. The van der Waals surface area contributed by atoms with Crippen molar-refractivity contribution in [3.63, 3.8) is 0 Å². The molecular weight excluding hydrogens is 546 g/mol. The third-order valence-corrected chi connectivity index (χ3v) is 7.00. The number of anilines is 1. The van der Waals surface area contributed by atoms with E-state index in [4.69, 9.17) is 0 Å². The minimum absolute atomic E-state index is 0.161. The fourth-order valence-electron chi connectivity index (χ4n) is 5.05. The van der Waals surface area contributed by atoms with Crippen molar-refractivity contribution in [3.05, 3.63) is 90.1 Å². The van der Waals surface area contributed by atoms with Crippen molar-refractivity contribution in [2.45, 2.75) is 19.5 Å². The van der Waals surface area contributed by atoms with E-state index in [0.29, 0.717) is 42.4 Å². The second-order valence-electron chi connectivity index (χ2n) is 9.81. The molecule has 5 aromatic rings. The summed E-state index contributed by atoms with van der Waals surface area (Å²) in [4.78, 5) is 33.2. The summed E-state index contributed by atoms with van der Waals surface area (Å²) in [6, 6.07) is 17.8. The molecule has 0 bridgehead atoms. The number of carbonyl (C=O) groups is 2. The maximum Gasteiger partial charge on any atom is 0.350 e. The molecule has 214 valence electrons. The van der Waals surface area contributed by atoms with Crippen molar-refractivity contribution in [3.8, 4) is 5.69 Å². The van der Waals surface area contributed by atoms with Crippen LogP contribution in [0.25, 0.3) is 16.6 Å². The first-order valence-electron chi connectivity index (χ1n) is 13.2. The van der Waals surface area contributed by atoms with Gasteiger partial charge in [0.2, 0.25) is 5.91 Å². The number of hydrogen-bond donors (Lipinski definition) is 1. The molecule has 12 nitrogen and oxygen atoms in total. The summed E-state index contributed by atoms with van der Waals surface area (Å²) < 4.78 is 28.0. The fraction of sp³-hybridized carbons (Fsp3) is 0.250. The number of halogens is 2. The zero-order valence-corrected chi connectivity index (χ0v) is 22.5. The smallest absolute Gasteiger partial charge is 0.335 e. The molecule has 6 rings (SSSR count). The van der Waals surface area contributed by atoms with Gasteiger partial charge in [0, 0.05) is 56.6 Å². The lowest BCUT2D eigenvalue weighted by atomic mass is 10.0. The average molecular weight is 573 g/mol. The van der Waals surface area contributed by atoms with Gasteiger partial charge in [0.25, 0.3) is 5.91 Å². The number of aromatic nitrogens is 7. The minimum Gasteiger partial charge on any atom is -0.335 e. The lowest BCUT2D eigenvalue weighted by Crippen LogP contribution is -2.50. The summed E-state index contributed by atoms with van der Waals surface area (Å²) in [5.74, 6) is -0.211. The summed E-state index contributed by atoms with van der Waals surface area (Å²) in [5.41, 5.74) is 3.20. The van der Waals surface area contributed by atoms with Gasteiger partial charge < -0.3 is 10.2 Å². The lowest BCUT2D eigenvalue weighted by molar-refractivity contribution is -0.114. The normalized spacial score (nSPS) is 14.8. The Morgan fingerprint density at radius 1 is 0.952 bits per heavy atom. The third-order valence-electron chi connectivity index (χ3n) is 7.00. The molecule has 4 heterocycles. The maximum absolute atomic E-state index is 13.5. The van der Waals surface area contributed by atoms with Crippen molar-refractivity contribution in [2.24, 2.45) is 0 Å². The summed E-state index contributed by atoms with van der Waals surface area (Å²) >= 11 is 0. The SMILES string of the molecule is CC(=O)Nc1ccc2nn(-c3ccnc(C(=O)N4CCN([C@@H](c5ccccc5)c5nnn(C(F)F)n5)CC4)c3)cc2c1. The zero-order chi connectivity index (χ0) is 29.2. The van der Waals surface area contributed by atoms with Crippen LogP contribution in [0.1, 0.15) is 41.4 Å². The van der Waals surface area contributed by atoms with Crippen LogP contribution in [0, 0.1) is 0 Å². The highest BCUT2D eigenvalue weighted by molar-refractivity contribution is 5.93. The maximum atomic E-state index is 13.5. The topological polar surface area (TPSA) is 127 Å². The Labute approximate surface area is 238 Å². The van der Waals surface area contributed by atoms with E-state index in [0.717, 1.165) is 16.5 Å². The van der Waals surface area contributed by atoms with Crippen molar-refractivity contribution in [1.82, 2.24) is 44.8 Å². The second kappa shape index (κ2) is 11.4. The average Bonchev–Trinajstić information content (AvgIpc) is 3.66. The van der Waals surface area contributed by atoms with Gasteiger partial charge in [0.15, 0.2) is 5.82 Å². The highest BCUT2D eigenvalue weighted by Gasteiger charge is 2.32. The fourth-order valence-corrected chi connectivity index (χ4v) is 5.05. The Kier molecular flexibility index (Phi) is 7.35. The van der Waals surface area contributed by atoms with Crippen molar-refractivity contribution in [2.75, 3.05) is 31.5 Å². The number of alkyl halides is 2. The van der Waals surface area contributed by atoms with Gasteiger partial charge in [0.1, 0.15) is 5.69 Å². The number of hydrogen-bond acceptors (Lipinski definition) is 8. The van der Waals surface area contributed by atoms with Crippen molar-refractivity contribution < 1.29 is 18.4 Å². The van der Waals surface area contributed by atoms with Gasteiger partial charge in [-0.05, 0) is 41.1 Å². The molecular formula is C28H26F2N10O2. The quantitative estimate of drug-likeness (QED) is 0.315. The molecule has 1 N–H and O–H groups in total. The van der Waals surface area contributed by atoms with Crippen molar-refractivity contribution in [1.29, 1.82) is 0 Å². The number of benzene rings is 2. The predicted molar refractivity (Wildman–Crippen MR) is 148 cm³/mol. The molecule has 3 aromatic heterocycles. The van der Waals surface area contributed by atoms with Crippen LogP contribution in [-0.2, 0) is 4.79 Å². The van der Waals surface area contributed by atoms with Crippen LogP contribution in [0.5, 0.6) is 0 Å². The van der Waals surface area contributed by atoms with Crippen LogP contribution in [0.2, 0.25) is 0 Å². The van der Waals surface area contributed by atoms with E-state index in [-0.39, 0.29) is 23.3 Å². The van der Waals surface area contributed by atoms with Gasteiger partial charge in [0.05, 0.1) is 17.2 Å². The largest absolute Gasteiger partial charge is 0.350 e. The standard InChI is InChI=1S/C28H26F2N10O2/c1-18(41)32-21-7-8-23-20(15-21)17-39(34-23)22-9-10-31-24(16-22)27(42)38-13-11-37(12-14-38)25(19-5-3-2-4-6-19)26-33-36-40(35-26)28(29)30/h2-10,15-17,25,28H,11-14H2,1H3,(H,32,41)/t25-/m0/s1. The second-order valence-corrected chi connectivity index (χ2v) is 9.81. The van der Waals surface area contributed by atoms with Crippen LogP contribution in [-0.4, -0.2) is 82.8 Å². The van der Waals surface area contributed by atoms with Gasteiger partial charge in [-0.1, -0.05) is 35.1 Å². The molecule has 1 atom stereocenters. The highest BCUT2D eigenvalue weighted by atomic mass is 19.3. The first-order valence-corrected chi connectivity index (χ1v) is 13.2. The number of nitrogens with one attached hydrogen (secondary N) is 1. The molecule has 0 aliphatic carbocycles. The lowest BCUT2D eigenvalue weighted by Gasteiger charge is -2.38. The zero-order valence-electron chi connectivity index (χ0n) is 22.5. The highest BCUT2D eigenvalue weighted by Crippen LogP contribution is 2.28. The monoisotopic (exact) mass is 572 g/mol. The minimum atomic E-state index is -2.89. The summed E-state index contributed by atoms with van der Waals surface area (Å²) in [7, 11) is 0. The number of tetrazole rings is 1. The number of rotatable bonds is 7. The predicted octanol–water partition coefficient (Wildman–Crippen LogP) is 3.31. The van der Waals surface area contributed by atoms with Crippen LogP contribution in [0.3, 0.4) is 0 Å². The van der Waals surface area contributed by atoms with Crippen LogP contribution in [0.4, 0.5) is 14.5 Å². The third kappa shape index (κ3) is 5.56. The Morgan fingerprint density at radius 3 is 2.45 bits per heavy atom. The molecule has 0 spiro atoms. The molecule has 1 aliphatic heterocycles. The Morgan fingerprint density at radius 2 is 1.74 bits per heavy atom. The summed E-state index contributed by atoms with van der Waals surface area (Å²) in [6.07, 6.45) is 3.39. The first kappa shape index (κ1) is 27.1. The molecule has 42 heavy (non-hydrogen) atoms. The number of amides is 2. The Balaban J connectivity index is 1.18. The van der Waals surface area contributed by atoms with E-state index in [9.17, 15) is 18.4 Å². The molecule has 2 amide bonds. The number of piperazine rings is 1. The van der Waals surface area contributed by atoms with Gasteiger partial charge in [-0.2, -0.15) is 13.9 Å². The van der Waals surface area contributed by atoms with E-state index in [1.54, 1.807) is 34.0 Å². The number of nitrogens with zero attached hydrogens (tertiary/aromatic N) is 9. The van der Waals surface area contributed by atoms with Gasteiger partial charge >= 0.3 is 6.55 Å². The molecule has 0 radical (unpaired) electrons. The molecule has 0 saturated carbocycles. The van der Waals surface area contributed by atoms with E-state index >= 15 is 0 Å². The molecule has 14 heteroatoms. The molecule has 1 aliphatic rings. The number of fused-ring (bicyclic) bond motifs is 1. The van der Waals surface area contributed by atoms with Gasteiger partial charge in [-0.15, -0.1) is 10.2 Å². The Bertz CT molecular complexity index is 1730. The first-order chi connectivity index (χ1) is 20.4. The van der Waals surface area contributed by atoms with E-state index < -0.39 is 12.6 Å². The molecule has 2 aromatic carbocycles. The van der Waals surface area contributed by atoms with E-state index in [1.807, 2.05) is 48.7 Å². The van der Waals surface area contributed by atoms with Crippen LogP contribution >= 0.6 is 0 Å². The number of pyridine rings is 1. The van der Waals surface area contributed by atoms with Crippen LogP contribution < -0.4 is 5.32 Å².